The highest BCUT2D eigenvalue weighted by Gasteiger charge is 2.51. The van der Waals surface area contributed by atoms with Crippen molar-refractivity contribution < 1.29 is 9.59 Å². The Hall–Kier alpha value is -1.18. The van der Waals surface area contributed by atoms with Crippen LogP contribution in [0.25, 0.3) is 0 Å². The van der Waals surface area contributed by atoms with Gasteiger partial charge in [-0.05, 0) is 44.1 Å². The number of hydrogen-bond donors (Lipinski definition) is 0. The number of rotatable bonds is 1. The molecule has 2 unspecified atom stereocenters. The summed E-state index contributed by atoms with van der Waals surface area (Å²) >= 11 is 0. The van der Waals surface area contributed by atoms with Crippen molar-refractivity contribution in [3.05, 3.63) is 23.3 Å². The molecule has 0 saturated heterocycles. The number of Topliss-reactive ketones (excluding diaryl/α,β-unsaturated/α-hetero) is 2. The molecule has 0 amide bonds. The third kappa shape index (κ3) is 1.62. The number of allylic oxidation sites excluding steroid dienone is 4. The van der Waals surface area contributed by atoms with Gasteiger partial charge in [-0.1, -0.05) is 19.1 Å². The number of carbonyl (C=O) groups excluding carboxylic acids is 2. The first-order chi connectivity index (χ1) is 8.66. The van der Waals surface area contributed by atoms with Gasteiger partial charge in [-0.15, -0.1) is 0 Å². The Kier molecular flexibility index (Phi) is 2.76. The molecule has 2 saturated carbocycles. The van der Waals surface area contributed by atoms with Crippen LogP contribution in [0, 0.1) is 11.3 Å². The van der Waals surface area contributed by atoms with Crippen LogP contribution >= 0.6 is 0 Å². The van der Waals surface area contributed by atoms with E-state index in [9.17, 15) is 9.59 Å². The molecule has 0 radical (unpaired) electrons. The molecule has 2 atom stereocenters. The highest BCUT2D eigenvalue weighted by Crippen LogP contribution is 2.52. The minimum Gasteiger partial charge on any atom is -0.299 e. The van der Waals surface area contributed by atoms with Gasteiger partial charge < -0.3 is 0 Å². The lowest BCUT2D eigenvalue weighted by Crippen LogP contribution is -2.37. The van der Waals surface area contributed by atoms with Crippen LogP contribution in [0.1, 0.15) is 51.9 Å². The lowest BCUT2D eigenvalue weighted by molar-refractivity contribution is -0.133. The largest absolute Gasteiger partial charge is 0.299 e. The molecule has 0 aromatic heterocycles. The van der Waals surface area contributed by atoms with E-state index in [4.69, 9.17) is 0 Å². The highest BCUT2D eigenvalue weighted by atomic mass is 16.1. The topological polar surface area (TPSA) is 34.1 Å². The second-order valence-electron chi connectivity index (χ2n) is 5.99. The maximum Gasteiger partial charge on any atom is 0.169 e. The van der Waals surface area contributed by atoms with Crippen LogP contribution < -0.4 is 0 Å². The van der Waals surface area contributed by atoms with E-state index in [1.165, 1.54) is 5.57 Å². The van der Waals surface area contributed by atoms with E-state index in [1.807, 2.05) is 0 Å². The Balaban J connectivity index is 1.93. The van der Waals surface area contributed by atoms with Crippen LogP contribution in [0.15, 0.2) is 23.3 Å². The molecule has 3 aliphatic carbocycles. The minimum atomic E-state index is -0.226. The molecule has 0 bridgehead atoms. The summed E-state index contributed by atoms with van der Waals surface area (Å²) in [7, 11) is 0. The first-order valence-corrected chi connectivity index (χ1v) is 7.13. The van der Waals surface area contributed by atoms with Crippen molar-refractivity contribution >= 4 is 11.6 Å². The van der Waals surface area contributed by atoms with E-state index in [0.29, 0.717) is 18.0 Å². The number of fused-ring (bicyclic) bond motifs is 1. The van der Waals surface area contributed by atoms with Crippen molar-refractivity contribution in [2.45, 2.75) is 51.9 Å². The summed E-state index contributed by atoms with van der Waals surface area (Å²) in [6.45, 7) is 2.06. The average Bonchev–Trinajstić information content (AvgIpc) is 2.67. The Morgan fingerprint density at radius 1 is 1.28 bits per heavy atom. The van der Waals surface area contributed by atoms with Gasteiger partial charge in [-0.2, -0.15) is 0 Å². The van der Waals surface area contributed by atoms with E-state index in [-0.39, 0.29) is 11.3 Å². The molecule has 2 nitrogen and oxygen atoms in total. The molecule has 2 fully saturated rings. The molecular weight excluding hydrogens is 224 g/mol. The summed E-state index contributed by atoms with van der Waals surface area (Å²) < 4.78 is 0. The molecule has 0 heterocycles. The quantitative estimate of drug-likeness (QED) is 0.708. The maximum absolute atomic E-state index is 12.7. The summed E-state index contributed by atoms with van der Waals surface area (Å²) in [5.41, 5.74) is 2.01. The van der Waals surface area contributed by atoms with Crippen LogP contribution in [-0.2, 0) is 9.59 Å². The maximum atomic E-state index is 12.7. The third-order valence-corrected chi connectivity index (χ3v) is 4.94. The second-order valence-corrected chi connectivity index (χ2v) is 5.99. The van der Waals surface area contributed by atoms with Crippen molar-refractivity contribution in [2.24, 2.45) is 11.3 Å². The van der Waals surface area contributed by atoms with Crippen molar-refractivity contribution in [1.82, 2.24) is 0 Å². The van der Waals surface area contributed by atoms with Gasteiger partial charge in [0.25, 0.3) is 0 Å². The van der Waals surface area contributed by atoms with Crippen LogP contribution in [-0.4, -0.2) is 11.6 Å². The standard InChI is InChI=1S/C16H20O2/c1-2-11-9-16(8-7-14(11)17)10-12-5-3-4-6-13(12)15(16)18/h5-6,11H,2-4,7-10H2,1H3. The summed E-state index contributed by atoms with van der Waals surface area (Å²) in [5.74, 6) is 0.817. The predicted octanol–water partition coefficient (Wildman–Crippen LogP) is 3.37. The van der Waals surface area contributed by atoms with E-state index in [0.717, 1.165) is 44.1 Å². The fraction of sp³-hybridized carbons (Fsp3) is 0.625. The normalized spacial score (nSPS) is 35.5. The number of ketones is 2. The van der Waals surface area contributed by atoms with Crippen molar-refractivity contribution in [1.29, 1.82) is 0 Å². The smallest absolute Gasteiger partial charge is 0.169 e. The zero-order valence-electron chi connectivity index (χ0n) is 11.0. The zero-order chi connectivity index (χ0) is 12.8. The minimum absolute atomic E-state index is 0.115. The van der Waals surface area contributed by atoms with Crippen molar-refractivity contribution in [3.63, 3.8) is 0 Å². The van der Waals surface area contributed by atoms with E-state index >= 15 is 0 Å². The van der Waals surface area contributed by atoms with Crippen molar-refractivity contribution in [2.75, 3.05) is 0 Å². The third-order valence-electron chi connectivity index (χ3n) is 4.94. The summed E-state index contributed by atoms with van der Waals surface area (Å²) in [6.07, 6.45) is 10.3. The average molecular weight is 244 g/mol. The predicted molar refractivity (Wildman–Crippen MR) is 70.1 cm³/mol. The number of hydrogen-bond acceptors (Lipinski definition) is 2. The molecule has 3 rings (SSSR count). The van der Waals surface area contributed by atoms with Gasteiger partial charge in [0.1, 0.15) is 5.78 Å². The molecule has 0 aliphatic heterocycles. The molecule has 3 aliphatic rings. The molecular formula is C16H20O2. The van der Waals surface area contributed by atoms with Crippen LogP contribution in [0.2, 0.25) is 0 Å². The van der Waals surface area contributed by atoms with E-state index in [2.05, 4.69) is 19.1 Å². The van der Waals surface area contributed by atoms with Gasteiger partial charge >= 0.3 is 0 Å². The molecule has 18 heavy (non-hydrogen) atoms. The lowest BCUT2D eigenvalue weighted by Gasteiger charge is -2.35. The fourth-order valence-corrected chi connectivity index (χ4v) is 3.86. The first-order valence-electron chi connectivity index (χ1n) is 7.13. The Morgan fingerprint density at radius 3 is 2.78 bits per heavy atom. The van der Waals surface area contributed by atoms with Gasteiger partial charge in [-0.25, -0.2) is 0 Å². The van der Waals surface area contributed by atoms with Gasteiger partial charge in [0.15, 0.2) is 5.78 Å². The zero-order valence-corrected chi connectivity index (χ0v) is 11.0. The molecule has 0 aromatic carbocycles. The Labute approximate surface area is 108 Å². The summed E-state index contributed by atoms with van der Waals surface area (Å²) in [4.78, 5) is 24.5. The van der Waals surface area contributed by atoms with Gasteiger partial charge in [0.2, 0.25) is 0 Å². The van der Waals surface area contributed by atoms with Crippen LogP contribution in [0.3, 0.4) is 0 Å². The Morgan fingerprint density at radius 2 is 2.06 bits per heavy atom. The molecule has 1 spiro atoms. The van der Waals surface area contributed by atoms with Crippen LogP contribution in [0.4, 0.5) is 0 Å². The van der Waals surface area contributed by atoms with Gasteiger partial charge in [0.05, 0.1) is 0 Å². The van der Waals surface area contributed by atoms with E-state index in [1.54, 1.807) is 0 Å². The Bertz CT molecular complexity index is 469. The highest BCUT2D eigenvalue weighted by molar-refractivity contribution is 6.08. The van der Waals surface area contributed by atoms with Crippen LogP contribution in [0.5, 0.6) is 0 Å². The molecule has 2 heteroatoms. The lowest BCUT2D eigenvalue weighted by atomic mass is 9.66. The number of carbonyl (C=O) groups is 2. The van der Waals surface area contributed by atoms with Gasteiger partial charge in [-0.3, -0.25) is 9.59 Å². The van der Waals surface area contributed by atoms with E-state index < -0.39 is 0 Å². The SMILES string of the molecule is CCC1CC2(CCC1=O)CC1=CCCC=C1C2=O. The second kappa shape index (κ2) is 4.18. The summed E-state index contributed by atoms with van der Waals surface area (Å²) in [5, 5.41) is 0. The molecule has 0 N–H and O–H groups in total. The monoisotopic (exact) mass is 244 g/mol. The summed E-state index contributed by atoms with van der Waals surface area (Å²) in [6, 6.07) is 0. The first kappa shape index (κ1) is 11.9. The fourth-order valence-electron chi connectivity index (χ4n) is 3.86. The molecule has 0 aromatic rings. The van der Waals surface area contributed by atoms with Crippen molar-refractivity contribution in [3.8, 4) is 0 Å². The molecule has 96 valence electrons. The van der Waals surface area contributed by atoms with Gasteiger partial charge in [0, 0.05) is 23.3 Å².